The van der Waals surface area contributed by atoms with Crippen LogP contribution in [0, 0.1) is 0 Å². The lowest BCUT2D eigenvalue weighted by molar-refractivity contribution is 0.102. The molecule has 0 bridgehead atoms. The lowest BCUT2D eigenvalue weighted by Gasteiger charge is -2.09. The van der Waals surface area contributed by atoms with Crippen LogP contribution in [-0.2, 0) is 0 Å². The van der Waals surface area contributed by atoms with E-state index in [0.717, 1.165) is 0 Å². The predicted octanol–water partition coefficient (Wildman–Crippen LogP) is 0.961. The number of rotatable bonds is 3. The lowest BCUT2D eigenvalue weighted by atomic mass is 10.1. The summed E-state index contributed by atoms with van der Waals surface area (Å²) in [6.07, 6.45) is 0. The summed E-state index contributed by atoms with van der Waals surface area (Å²) >= 11 is 5.83. The molecule has 0 atom stereocenters. The number of aromatic amines is 1. The largest absolute Gasteiger partial charge is 0.323 e. The van der Waals surface area contributed by atoms with Gasteiger partial charge in [0.1, 0.15) is 0 Å². The minimum absolute atomic E-state index is 0.215. The SMILES string of the molecule is NNc1ccc(Cl)cc1C(=O)Nc1ccc(=O)[nH]n1. The van der Waals surface area contributed by atoms with Gasteiger partial charge in [0.15, 0.2) is 5.82 Å². The van der Waals surface area contributed by atoms with E-state index in [1.165, 1.54) is 18.2 Å². The molecule has 0 aliphatic rings. The van der Waals surface area contributed by atoms with E-state index in [4.69, 9.17) is 17.4 Å². The third kappa shape index (κ3) is 3.09. The number of hydrogen-bond donors (Lipinski definition) is 4. The van der Waals surface area contributed by atoms with E-state index in [2.05, 4.69) is 20.9 Å². The third-order valence-corrected chi connectivity index (χ3v) is 2.54. The van der Waals surface area contributed by atoms with Gasteiger partial charge < -0.3 is 10.7 Å². The molecule has 1 aromatic carbocycles. The Morgan fingerprint density at radius 1 is 1.32 bits per heavy atom. The summed E-state index contributed by atoms with van der Waals surface area (Å²) in [7, 11) is 0. The Balaban J connectivity index is 2.27. The van der Waals surface area contributed by atoms with Crippen LogP contribution in [0.1, 0.15) is 10.4 Å². The number of aromatic nitrogens is 2. The first-order valence-electron chi connectivity index (χ1n) is 5.23. The van der Waals surface area contributed by atoms with Gasteiger partial charge in [-0.2, -0.15) is 5.10 Å². The second-order valence-electron chi connectivity index (χ2n) is 3.59. The average Bonchev–Trinajstić information content (AvgIpc) is 2.41. The van der Waals surface area contributed by atoms with Crippen molar-refractivity contribution >= 4 is 29.0 Å². The molecule has 19 heavy (non-hydrogen) atoms. The fraction of sp³-hybridized carbons (Fsp3) is 0. The molecule has 0 unspecified atom stereocenters. The van der Waals surface area contributed by atoms with Crippen LogP contribution in [0.4, 0.5) is 11.5 Å². The van der Waals surface area contributed by atoms with Crippen LogP contribution >= 0.6 is 11.6 Å². The molecule has 0 spiro atoms. The molecular formula is C11H10ClN5O2. The Hall–Kier alpha value is -2.38. The van der Waals surface area contributed by atoms with E-state index in [1.807, 2.05) is 0 Å². The number of anilines is 2. The van der Waals surface area contributed by atoms with Crippen LogP contribution < -0.4 is 22.1 Å². The van der Waals surface area contributed by atoms with Gasteiger partial charge in [-0.1, -0.05) is 11.6 Å². The normalized spacial score (nSPS) is 10.0. The Bertz CT molecular complexity index is 650. The zero-order valence-electron chi connectivity index (χ0n) is 9.61. The summed E-state index contributed by atoms with van der Waals surface area (Å²) in [5.41, 5.74) is 2.73. The van der Waals surface area contributed by atoms with Gasteiger partial charge in [-0.05, 0) is 24.3 Å². The van der Waals surface area contributed by atoms with Crippen molar-refractivity contribution in [1.82, 2.24) is 10.2 Å². The van der Waals surface area contributed by atoms with Gasteiger partial charge in [-0.25, -0.2) is 5.10 Å². The molecule has 2 rings (SSSR count). The Morgan fingerprint density at radius 2 is 2.11 bits per heavy atom. The van der Waals surface area contributed by atoms with Gasteiger partial charge in [0, 0.05) is 11.1 Å². The van der Waals surface area contributed by atoms with E-state index < -0.39 is 5.91 Å². The molecule has 1 amide bonds. The van der Waals surface area contributed by atoms with Crippen LogP contribution in [-0.4, -0.2) is 16.1 Å². The molecule has 7 nitrogen and oxygen atoms in total. The van der Waals surface area contributed by atoms with Crippen LogP contribution in [0.15, 0.2) is 35.1 Å². The number of nitrogens with zero attached hydrogens (tertiary/aromatic N) is 1. The first-order valence-corrected chi connectivity index (χ1v) is 5.61. The van der Waals surface area contributed by atoms with Crippen molar-refractivity contribution in [2.45, 2.75) is 0 Å². The predicted molar refractivity (Wildman–Crippen MR) is 72.1 cm³/mol. The molecule has 0 fully saturated rings. The van der Waals surface area contributed by atoms with Crippen LogP contribution in [0.3, 0.4) is 0 Å². The molecule has 2 aromatic rings. The highest BCUT2D eigenvalue weighted by Gasteiger charge is 2.12. The zero-order valence-corrected chi connectivity index (χ0v) is 10.4. The number of H-pyrrole nitrogens is 1. The number of hydrazine groups is 1. The molecule has 0 aliphatic heterocycles. The standard InChI is InChI=1S/C11H10ClN5O2/c12-6-1-2-8(15-13)7(5-6)11(19)14-9-3-4-10(18)17-16-9/h1-5,15H,13H2,(H,17,18)(H,14,16,19). The van der Waals surface area contributed by atoms with Crippen molar-refractivity contribution in [3.8, 4) is 0 Å². The summed E-state index contributed by atoms with van der Waals surface area (Å²) in [5.74, 6) is 5.08. The van der Waals surface area contributed by atoms with Crippen molar-refractivity contribution in [1.29, 1.82) is 0 Å². The fourth-order valence-electron chi connectivity index (χ4n) is 1.43. The van der Waals surface area contributed by atoms with E-state index in [-0.39, 0.29) is 16.9 Å². The number of nitrogens with two attached hydrogens (primary N) is 1. The molecular weight excluding hydrogens is 270 g/mol. The van der Waals surface area contributed by atoms with Crippen LogP contribution in [0.5, 0.6) is 0 Å². The molecule has 98 valence electrons. The quantitative estimate of drug-likeness (QED) is 0.494. The monoisotopic (exact) mass is 279 g/mol. The van der Waals surface area contributed by atoms with Gasteiger partial charge in [-0.15, -0.1) is 0 Å². The van der Waals surface area contributed by atoms with E-state index in [1.54, 1.807) is 12.1 Å². The maximum atomic E-state index is 12.0. The van der Waals surface area contributed by atoms with Crippen molar-refractivity contribution in [3.63, 3.8) is 0 Å². The summed E-state index contributed by atoms with van der Waals surface area (Å²) < 4.78 is 0. The number of amides is 1. The van der Waals surface area contributed by atoms with Gasteiger partial charge in [0.25, 0.3) is 11.5 Å². The first-order chi connectivity index (χ1) is 9.10. The summed E-state index contributed by atoms with van der Waals surface area (Å²) in [4.78, 5) is 22.9. The molecule has 0 radical (unpaired) electrons. The fourth-order valence-corrected chi connectivity index (χ4v) is 1.60. The maximum Gasteiger partial charge on any atom is 0.264 e. The molecule has 5 N–H and O–H groups in total. The Morgan fingerprint density at radius 3 is 2.74 bits per heavy atom. The number of nitrogen functional groups attached to an aromatic ring is 1. The highest BCUT2D eigenvalue weighted by Crippen LogP contribution is 2.20. The van der Waals surface area contributed by atoms with Crippen molar-refractivity contribution in [2.24, 2.45) is 5.84 Å². The maximum absolute atomic E-state index is 12.0. The van der Waals surface area contributed by atoms with E-state index >= 15 is 0 Å². The minimum atomic E-state index is -0.449. The van der Waals surface area contributed by atoms with E-state index in [0.29, 0.717) is 10.7 Å². The van der Waals surface area contributed by atoms with Crippen molar-refractivity contribution in [2.75, 3.05) is 10.7 Å². The minimum Gasteiger partial charge on any atom is -0.323 e. The number of hydrogen-bond acceptors (Lipinski definition) is 5. The van der Waals surface area contributed by atoms with Crippen molar-refractivity contribution < 1.29 is 4.79 Å². The van der Waals surface area contributed by atoms with Crippen LogP contribution in [0.25, 0.3) is 0 Å². The number of halogens is 1. The van der Waals surface area contributed by atoms with Crippen LogP contribution in [0.2, 0.25) is 5.02 Å². The lowest BCUT2D eigenvalue weighted by Crippen LogP contribution is -2.19. The average molecular weight is 280 g/mol. The third-order valence-electron chi connectivity index (χ3n) is 2.30. The number of carbonyl (C=O) groups excluding carboxylic acids is 1. The summed E-state index contributed by atoms with van der Waals surface area (Å²) in [5, 5.41) is 8.79. The highest BCUT2D eigenvalue weighted by molar-refractivity contribution is 6.31. The molecule has 0 aliphatic carbocycles. The highest BCUT2D eigenvalue weighted by atomic mass is 35.5. The summed E-state index contributed by atoms with van der Waals surface area (Å²) in [6, 6.07) is 7.29. The van der Waals surface area contributed by atoms with Gasteiger partial charge in [0.2, 0.25) is 0 Å². The Kier molecular flexibility index (Phi) is 3.79. The molecule has 8 heteroatoms. The van der Waals surface area contributed by atoms with Crippen molar-refractivity contribution in [3.05, 3.63) is 51.3 Å². The summed E-state index contributed by atoms with van der Waals surface area (Å²) in [6.45, 7) is 0. The second kappa shape index (κ2) is 5.51. The molecule has 0 saturated heterocycles. The second-order valence-corrected chi connectivity index (χ2v) is 4.03. The van der Waals surface area contributed by atoms with E-state index in [9.17, 15) is 9.59 Å². The molecule has 1 heterocycles. The van der Waals surface area contributed by atoms with Gasteiger partial charge >= 0.3 is 0 Å². The number of nitrogens with one attached hydrogen (secondary N) is 3. The molecule has 1 aromatic heterocycles. The molecule has 0 saturated carbocycles. The zero-order chi connectivity index (χ0) is 13.8. The van der Waals surface area contributed by atoms with Gasteiger partial charge in [0.05, 0.1) is 11.3 Å². The first kappa shape index (κ1) is 13.1. The Labute approximate surface area is 112 Å². The smallest absolute Gasteiger partial charge is 0.264 e. The number of carbonyl (C=O) groups is 1. The number of benzene rings is 1. The van der Waals surface area contributed by atoms with Gasteiger partial charge in [-0.3, -0.25) is 15.4 Å². The topological polar surface area (TPSA) is 113 Å².